The Morgan fingerprint density at radius 3 is 1.75 bits per heavy atom. The van der Waals surface area contributed by atoms with E-state index in [-0.39, 0.29) is 6.42 Å². The second-order valence-corrected chi connectivity index (χ2v) is 10.7. The molecule has 0 saturated carbocycles. The van der Waals surface area contributed by atoms with Crippen molar-refractivity contribution in [3.05, 3.63) is 29.3 Å². The molecular weight excluding hydrogens is 420 g/mol. The van der Waals surface area contributed by atoms with E-state index in [4.69, 9.17) is 4.74 Å². The summed E-state index contributed by atoms with van der Waals surface area (Å²) >= 11 is 0. The molecule has 0 heterocycles. The molecule has 5 heteroatoms. The van der Waals surface area contributed by atoms with Crippen LogP contribution in [0, 0.1) is 0 Å². The lowest BCUT2D eigenvalue weighted by Gasteiger charge is -2.20. The summed E-state index contributed by atoms with van der Waals surface area (Å²) in [7, 11) is -4.24. The Hall–Kier alpha value is -1.07. The molecule has 0 saturated heterocycles. The zero-order valence-corrected chi connectivity index (χ0v) is 21.7. The standard InChI is InChI=1S/C27H48O4S/c1-4-7-9-11-13-15-17-20-24-21-19-23-26(31-27(6-3)32(28,29)30)25(24)22-18-16-14-12-10-8-5-2/h19,21,23,27H,4-18,20,22H2,1-3H3,(H,28,29,30). The summed E-state index contributed by atoms with van der Waals surface area (Å²) in [6, 6.07) is 5.98. The van der Waals surface area contributed by atoms with Crippen LogP contribution in [0.4, 0.5) is 0 Å². The molecule has 32 heavy (non-hydrogen) atoms. The summed E-state index contributed by atoms with van der Waals surface area (Å²) in [5.74, 6) is 0.626. The number of aryl methyl sites for hydroxylation is 1. The Morgan fingerprint density at radius 2 is 1.25 bits per heavy atom. The topological polar surface area (TPSA) is 63.6 Å². The van der Waals surface area contributed by atoms with Crippen LogP contribution in [-0.4, -0.2) is 18.4 Å². The van der Waals surface area contributed by atoms with Gasteiger partial charge in [0.05, 0.1) is 0 Å². The summed E-state index contributed by atoms with van der Waals surface area (Å²) < 4.78 is 38.8. The van der Waals surface area contributed by atoms with Gasteiger partial charge in [-0.25, -0.2) is 0 Å². The van der Waals surface area contributed by atoms with Gasteiger partial charge in [0.15, 0.2) is 0 Å². The van der Waals surface area contributed by atoms with Gasteiger partial charge in [-0.1, -0.05) is 110 Å². The van der Waals surface area contributed by atoms with Gasteiger partial charge < -0.3 is 4.74 Å². The monoisotopic (exact) mass is 468 g/mol. The maximum atomic E-state index is 11.7. The number of hydrogen-bond donors (Lipinski definition) is 1. The molecule has 0 fully saturated rings. The van der Waals surface area contributed by atoms with E-state index in [0.29, 0.717) is 5.75 Å². The summed E-state index contributed by atoms with van der Waals surface area (Å²) in [6.07, 6.45) is 19.7. The first kappa shape index (κ1) is 29.0. The van der Waals surface area contributed by atoms with Crippen LogP contribution >= 0.6 is 0 Å². The highest BCUT2D eigenvalue weighted by Crippen LogP contribution is 2.29. The van der Waals surface area contributed by atoms with Gasteiger partial charge in [-0.2, -0.15) is 8.42 Å². The molecule has 0 aliphatic rings. The van der Waals surface area contributed by atoms with Crippen molar-refractivity contribution < 1.29 is 17.7 Å². The number of hydrogen-bond acceptors (Lipinski definition) is 3. The van der Waals surface area contributed by atoms with E-state index in [1.165, 1.54) is 82.6 Å². The summed E-state index contributed by atoms with van der Waals surface area (Å²) in [5, 5.41) is 0. The van der Waals surface area contributed by atoms with Crippen molar-refractivity contribution in [2.45, 2.75) is 135 Å². The smallest absolute Gasteiger partial charge is 0.303 e. The number of benzene rings is 1. The first-order valence-corrected chi connectivity index (χ1v) is 14.7. The van der Waals surface area contributed by atoms with E-state index in [1.807, 2.05) is 12.1 Å². The molecule has 1 aromatic rings. The Morgan fingerprint density at radius 1 is 0.750 bits per heavy atom. The van der Waals surface area contributed by atoms with Crippen LogP contribution in [0.2, 0.25) is 0 Å². The minimum atomic E-state index is -4.24. The molecule has 1 N–H and O–H groups in total. The molecule has 1 rings (SSSR count). The van der Waals surface area contributed by atoms with Crippen LogP contribution in [-0.2, 0) is 23.0 Å². The first-order valence-electron chi connectivity index (χ1n) is 13.2. The van der Waals surface area contributed by atoms with E-state index in [9.17, 15) is 13.0 Å². The SMILES string of the molecule is CCCCCCCCCc1cccc(OC(CC)S(=O)(=O)O)c1CCCCCCCCC. The Bertz CT molecular complexity index is 700. The molecule has 1 atom stereocenters. The van der Waals surface area contributed by atoms with Gasteiger partial charge in [0.1, 0.15) is 5.75 Å². The fraction of sp³-hybridized carbons (Fsp3) is 0.778. The van der Waals surface area contributed by atoms with Crippen LogP contribution in [0.15, 0.2) is 18.2 Å². The lowest BCUT2D eigenvalue weighted by Crippen LogP contribution is -2.26. The first-order chi connectivity index (χ1) is 15.4. The molecule has 0 bridgehead atoms. The van der Waals surface area contributed by atoms with Crippen molar-refractivity contribution in [3.8, 4) is 5.75 Å². The molecule has 1 aromatic carbocycles. The van der Waals surface area contributed by atoms with Crippen LogP contribution in [0.25, 0.3) is 0 Å². The van der Waals surface area contributed by atoms with Gasteiger partial charge in [-0.3, -0.25) is 4.55 Å². The van der Waals surface area contributed by atoms with Crippen LogP contribution in [0.3, 0.4) is 0 Å². The Kier molecular flexibility index (Phi) is 15.8. The quantitative estimate of drug-likeness (QED) is 0.154. The Labute approximate surface area is 198 Å². The predicted molar refractivity (Wildman–Crippen MR) is 136 cm³/mol. The third kappa shape index (κ3) is 12.2. The minimum Gasteiger partial charge on any atom is -0.472 e. The zero-order chi connectivity index (χ0) is 23.7. The second kappa shape index (κ2) is 17.4. The normalized spacial score (nSPS) is 12.8. The second-order valence-electron chi connectivity index (χ2n) is 9.11. The van der Waals surface area contributed by atoms with E-state index in [0.717, 1.165) is 31.2 Å². The number of rotatable bonds is 20. The molecule has 0 aliphatic heterocycles. The van der Waals surface area contributed by atoms with Crippen LogP contribution in [0.5, 0.6) is 5.75 Å². The average Bonchev–Trinajstić information content (AvgIpc) is 2.76. The molecule has 0 amide bonds. The van der Waals surface area contributed by atoms with Gasteiger partial charge in [0.25, 0.3) is 0 Å². The molecule has 0 radical (unpaired) electrons. The highest BCUT2D eigenvalue weighted by atomic mass is 32.2. The van der Waals surface area contributed by atoms with E-state index in [1.54, 1.807) is 6.92 Å². The molecular formula is C27H48O4S. The van der Waals surface area contributed by atoms with Gasteiger partial charge >= 0.3 is 10.1 Å². The highest BCUT2D eigenvalue weighted by Gasteiger charge is 2.24. The fourth-order valence-electron chi connectivity index (χ4n) is 4.27. The van der Waals surface area contributed by atoms with Gasteiger partial charge in [-0.05, 0) is 49.3 Å². The largest absolute Gasteiger partial charge is 0.472 e. The molecule has 186 valence electrons. The van der Waals surface area contributed by atoms with Crippen molar-refractivity contribution in [1.82, 2.24) is 0 Å². The maximum absolute atomic E-state index is 11.7. The minimum absolute atomic E-state index is 0.220. The third-order valence-electron chi connectivity index (χ3n) is 6.23. The number of unbranched alkanes of at least 4 members (excludes halogenated alkanes) is 12. The van der Waals surface area contributed by atoms with Gasteiger partial charge in [-0.15, -0.1) is 0 Å². The van der Waals surface area contributed by atoms with Crippen molar-refractivity contribution in [1.29, 1.82) is 0 Å². The molecule has 0 spiro atoms. The summed E-state index contributed by atoms with van der Waals surface area (Å²) in [4.78, 5) is 0. The fourth-order valence-corrected chi connectivity index (χ4v) is 4.91. The van der Waals surface area contributed by atoms with Crippen LogP contribution < -0.4 is 4.74 Å². The predicted octanol–water partition coefficient (Wildman–Crippen LogP) is 8.28. The lowest BCUT2D eigenvalue weighted by molar-refractivity contribution is 0.250. The summed E-state index contributed by atoms with van der Waals surface area (Å²) in [6.45, 7) is 6.20. The average molecular weight is 469 g/mol. The van der Waals surface area contributed by atoms with E-state index >= 15 is 0 Å². The lowest BCUT2D eigenvalue weighted by atomic mass is 9.95. The van der Waals surface area contributed by atoms with E-state index < -0.39 is 15.6 Å². The van der Waals surface area contributed by atoms with Crippen molar-refractivity contribution in [2.24, 2.45) is 0 Å². The molecule has 0 aliphatic carbocycles. The molecule has 4 nitrogen and oxygen atoms in total. The van der Waals surface area contributed by atoms with Crippen molar-refractivity contribution in [3.63, 3.8) is 0 Å². The zero-order valence-electron chi connectivity index (χ0n) is 20.9. The van der Waals surface area contributed by atoms with E-state index in [2.05, 4.69) is 19.9 Å². The van der Waals surface area contributed by atoms with Crippen molar-refractivity contribution >= 4 is 10.1 Å². The maximum Gasteiger partial charge on any atom is 0.303 e. The van der Waals surface area contributed by atoms with Crippen LogP contribution in [0.1, 0.15) is 128 Å². The molecule has 0 aromatic heterocycles. The Balaban J connectivity index is 2.76. The van der Waals surface area contributed by atoms with Gasteiger partial charge in [0, 0.05) is 0 Å². The van der Waals surface area contributed by atoms with Gasteiger partial charge in [0.2, 0.25) is 5.44 Å². The third-order valence-corrected chi connectivity index (χ3v) is 7.33. The highest BCUT2D eigenvalue weighted by molar-refractivity contribution is 7.86. The summed E-state index contributed by atoms with van der Waals surface area (Å²) in [5.41, 5.74) is 1.20. The number of ether oxygens (including phenoxy) is 1. The molecule has 1 unspecified atom stereocenters. The van der Waals surface area contributed by atoms with Crippen molar-refractivity contribution in [2.75, 3.05) is 0 Å².